The average molecular weight is 360 g/mol. The van der Waals surface area contributed by atoms with Crippen molar-refractivity contribution < 1.29 is 9.32 Å². The first kappa shape index (κ1) is 18.4. The molecule has 8 heteroatoms. The molecule has 0 saturated carbocycles. The van der Waals surface area contributed by atoms with Gasteiger partial charge in [-0.15, -0.1) is 0 Å². The topological polar surface area (TPSA) is 89.1 Å². The molecule has 1 aliphatic rings. The van der Waals surface area contributed by atoms with Crippen LogP contribution in [0.25, 0.3) is 0 Å². The van der Waals surface area contributed by atoms with E-state index < -0.39 is 0 Å². The van der Waals surface area contributed by atoms with Gasteiger partial charge in [0.15, 0.2) is 5.82 Å². The maximum atomic E-state index is 13.0. The fourth-order valence-corrected chi connectivity index (χ4v) is 3.58. The zero-order valence-electron chi connectivity index (χ0n) is 16.0. The van der Waals surface area contributed by atoms with Gasteiger partial charge < -0.3 is 9.42 Å². The number of aryl methyl sites for hydroxylation is 2. The van der Waals surface area contributed by atoms with Gasteiger partial charge in [0.2, 0.25) is 5.89 Å². The highest BCUT2D eigenvalue weighted by Crippen LogP contribution is 2.31. The third kappa shape index (κ3) is 3.73. The van der Waals surface area contributed by atoms with Crippen LogP contribution in [-0.4, -0.2) is 37.4 Å². The molecular weight excluding hydrogens is 332 g/mol. The molecule has 1 N–H and O–H groups in total. The number of likely N-dealkylation sites (tertiary alicyclic amines) is 1. The van der Waals surface area contributed by atoms with Crippen molar-refractivity contribution in [2.24, 2.45) is 0 Å². The molecule has 8 nitrogen and oxygen atoms in total. The summed E-state index contributed by atoms with van der Waals surface area (Å²) in [5, 5.41) is 11.5. The Hall–Kier alpha value is -2.38. The number of aromatic nitrogens is 4. The summed E-state index contributed by atoms with van der Waals surface area (Å²) < 4.78 is 7.27. The molecule has 142 valence electrons. The van der Waals surface area contributed by atoms with E-state index in [9.17, 15) is 4.79 Å². The first-order valence-electron chi connectivity index (χ1n) is 9.47. The number of nitrogens with zero attached hydrogens (tertiary/aromatic N) is 5. The van der Waals surface area contributed by atoms with Gasteiger partial charge in [-0.05, 0) is 46.0 Å². The third-order valence-corrected chi connectivity index (χ3v) is 4.97. The molecule has 3 rings (SSSR count). The highest BCUT2D eigenvalue weighted by Gasteiger charge is 2.32. The Labute approximate surface area is 153 Å². The zero-order valence-corrected chi connectivity index (χ0v) is 16.0. The number of urea groups is 1. The zero-order chi connectivity index (χ0) is 18.7. The van der Waals surface area contributed by atoms with Crippen molar-refractivity contribution in [3.63, 3.8) is 0 Å². The lowest BCUT2D eigenvalue weighted by molar-refractivity contribution is 0.142. The standard InChI is InChI=1S/C18H28N6O2/c1-5-14(6-2)24-16(11-12(3)21-24)20-18(25)23-10-8-7-9-15(23)17-19-13(4)22-26-17/h11,14-15H,5-10H2,1-4H3,(H,20,25)/t15-/m0/s1. The first-order chi connectivity index (χ1) is 12.5. The van der Waals surface area contributed by atoms with Crippen molar-refractivity contribution >= 4 is 11.8 Å². The second-order valence-corrected chi connectivity index (χ2v) is 6.90. The van der Waals surface area contributed by atoms with Crippen LogP contribution in [0.2, 0.25) is 0 Å². The van der Waals surface area contributed by atoms with Crippen molar-refractivity contribution in [2.45, 2.75) is 71.9 Å². The van der Waals surface area contributed by atoms with Crippen LogP contribution in [0.3, 0.4) is 0 Å². The molecule has 0 radical (unpaired) electrons. The van der Waals surface area contributed by atoms with Gasteiger partial charge in [-0.25, -0.2) is 9.48 Å². The lowest BCUT2D eigenvalue weighted by Crippen LogP contribution is -2.41. The SMILES string of the molecule is CCC(CC)n1nc(C)cc1NC(=O)N1CCCC[C@H]1c1nc(C)no1. The fourth-order valence-electron chi connectivity index (χ4n) is 3.58. The Morgan fingerprint density at radius 2 is 2.12 bits per heavy atom. The molecule has 0 spiro atoms. The molecule has 26 heavy (non-hydrogen) atoms. The van der Waals surface area contributed by atoms with E-state index in [4.69, 9.17) is 4.52 Å². The van der Waals surface area contributed by atoms with Crippen LogP contribution in [0.1, 0.15) is 75.4 Å². The van der Waals surface area contributed by atoms with Crippen LogP contribution in [0.5, 0.6) is 0 Å². The second kappa shape index (κ2) is 7.88. The second-order valence-electron chi connectivity index (χ2n) is 6.90. The summed E-state index contributed by atoms with van der Waals surface area (Å²) in [7, 11) is 0. The van der Waals surface area contributed by atoms with Crippen LogP contribution in [0.15, 0.2) is 10.6 Å². The van der Waals surface area contributed by atoms with Gasteiger partial charge in [0, 0.05) is 12.6 Å². The normalized spacial score (nSPS) is 17.7. The largest absolute Gasteiger partial charge is 0.337 e. The van der Waals surface area contributed by atoms with Crippen LogP contribution in [-0.2, 0) is 0 Å². The summed E-state index contributed by atoms with van der Waals surface area (Å²) >= 11 is 0. The van der Waals surface area contributed by atoms with Crippen LogP contribution < -0.4 is 5.32 Å². The van der Waals surface area contributed by atoms with Gasteiger partial charge in [0.25, 0.3) is 0 Å². The maximum absolute atomic E-state index is 13.0. The Morgan fingerprint density at radius 1 is 1.35 bits per heavy atom. The van der Waals surface area contributed by atoms with Crippen molar-refractivity contribution in [3.05, 3.63) is 23.5 Å². The number of piperidine rings is 1. The van der Waals surface area contributed by atoms with Gasteiger partial charge >= 0.3 is 6.03 Å². The highest BCUT2D eigenvalue weighted by atomic mass is 16.5. The summed E-state index contributed by atoms with van der Waals surface area (Å²) in [6.45, 7) is 8.68. The van der Waals surface area contributed by atoms with E-state index in [2.05, 4.69) is 34.4 Å². The molecule has 1 saturated heterocycles. The van der Waals surface area contributed by atoms with Gasteiger partial charge in [-0.2, -0.15) is 10.1 Å². The Balaban J connectivity index is 1.80. The van der Waals surface area contributed by atoms with Crippen molar-refractivity contribution in [3.8, 4) is 0 Å². The van der Waals surface area contributed by atoms with Gasteiger partial charge in [0.1, 0.15) is 11.9 Å². The fraction of sp³-hybridized carbons (Fsp3) is 0.667. The van der Waals surface area contributed by atoms with Crippen LogP contribution in [0, 0.1) is 13.8 Å². The molecule has 2 aromatic rings. The molecule has 1 fully saturated rings. The maximum Gasteiger partial charge on any atom is 0.323 e. The minimum Gasteiger partial charge on any atom is -0.337 e. The number of hydrogen-bond acceptors (Lipinski definition) is 5. The highest BCUT2D eigenvalue weighted by molar-refractivity contribution is 5.88. The number of carbonyl (C=O) groups excluding carboxylic acids is 1. The van der Waals surface area contributed by atoms with Crippen LogP contribution in [0.4, 0.5) is 10.6 Å². The molecule has 1 aliphatic heterocycles. The summed E-state index contributed by atoms with van der Waals surface area (Å²) in [5.41, 5.74) is 0.898. The summed E-state index contributed by atoms with van der Waals surface area (Å²) in [5.74, 6) is 1.85. The Bertz CT molecular complexity index is 749. The summed E-state index contributed by atoms with van der Waals surface area (Å²) in [6, 6.07) is 1.88. The predicted octanol–water partition coefficient (Wildman–Crippen LogP) is 4.00. The van der Waals surface area contributed by atoms with E-state index in [1.807, 2.05) is 17.7 Å². The molecule has 0 aromatic carbocycles. The van der Waals surface area contributed by atoms with Crippen molar-refractivity contribution in [1.82, 2.24) is 24.8 Å². The lowest BCUT2D eigenvalue weighted by Gasteiger charge is -2.33. The van der Waals surface area contributed by atoms with Gasteiger partial charge in [0.05, 0.1) is 11.7 Å². The smallest absolute Gasteiger partial charge is 0.323 e. The minimum absolute atomic E-state index is 0.141. The van der Waals surface area contributed by atoms with E-state index in [0.29, 0.717) is 18.3 Å². The Kier molecular flexibility index (Phi) is 5.58. The quantitative estimate of drug-likeness (QED) is 0.870. The van der Waals surface area contributed by atoms with E-state index >= 15 is 0 Å². The summed E-state index contributed by atoms with van der Waals surface area (Å²) in [6.07, 6.45) is 4.78. The lowest BCUT2D eigenvalue weighted by atomic mass is 10.0. The number of amides is 2. The number of carbonyl (C=O) groups is 1. The minimum atomic E-state index is -0.171. The molecular formula is C18H28N6O2. The molecule has 0 bridgehead atoms. The summed E-state index contributed by atoms with van der Waals surface area (Å²) in [4.78, 5) is 19.1. The molecule has 1 atom stereocenters. The molecule has 0 aliphatic carbocycles. The number of nitrogens with one attached hydrogen (secondary N) is 1. The molecule has 0 unspecified atom stereocenters. The number of rotatable bonds is 5. The predicted molar refractivity (Wildman–Crippen MR) is 97.9 cm³/mol. The number of anilines is 1. The van der Waals surface area contributed by atoms with E-state index in [-0.39, 0.29) is 18.1 Å². The van der Waals surface area contributed by atoms with E-state index in [1.54, 1.807) is 11.8 Å². The van der Waals surface area contributed by atoms with E-state index in [0.717, 1.165) is 43.6 Å². The first-order valence-corrected chi connectivity index (χ1v) is 9.47. The van der Waals surface area contributed by atoms with Crippen molar-refractivity contribution in [2.75, 3.05) is 11.9 Å². The number of hydrogen-bond donors (Lipinski definition) is 1. The third-order valence-electron chi connectivity index (χ3n) is 4.97. The molecule has 2 amide bonds. The van der Waals surface area contributed by atoms with E-state index in [1.165, 1.54) is 0 Å². The van der Waals surface area contributed by atoms with Crippen LogP contribution >= 0.6 is 0 Å². The monoisotopic (exact) mass is 360 g/mol. The molecule has 2 aromatic heterocycles. The van der Waals surface area contributed by atoms with Gasteiger partial charge in [-0.1, -0.05) is 19.0 Å². The average Bonchev–Trinajstić information content (AvgIpc) is 3.22. The van der Waals surface area contributed by atoms with Crippen molar-refractivity contribution in [1.29, 1.82) is 0 Å². The van der Waals surface area contributed by atoms with Gasteiger partial charge in [-0.3, -0.25) is 5.32 Å². The molecule has 3 heterocycles. The Morgan fingerprint density at radius 3 is 2.77 bits per heavy atom.